The van der Waals surface area contributed by atoms with Crippen molar-refractivity contribution >= 4 is 18.3 Å². The van der Waals surface area contributed by atoms with Gasteiger partial charge < -0.3 is 11.1 Å². The first kappa shape index (κ1) is 9.87. The third-order valence-corrected chi connectivity index (χ3v) is 3.25. The largest absolute Gasteiger partial charge is 0.398 e. The van der Waals surface area contributed by atoms with E-state index in [-0.39, 0.29) is 0 Å². The van der Waals surface area contributed by atoms with Gasteiger partial charge in [0.05, 0.1) is 0 Å². The molecule has 14 heavy (non-hydrogen) atoms. The van der Waals surface area contributed by atoms with Gasteiger partial charge in [0.15, 0.2) is 0 Å². The fourth-order valence-electron chi connectivity index (χ4n) is 1.97. The molecule has 1 saturated heterocycles. The quantitative estimate of drug-likeness (QED) is 0.488. The highest BCUT2D eigenvalue weighted by molar-refractivity contribution is 7.80. The summed E-state index contributed by atoms with van der Waals surface area (Å²) in [6, 6.07) is 6.19. The SMILES string of the molecule is Nc1ccc(C2CCNCC2)cc1S. The molecule has 1 aromatic rings. The van der Waals surface area contributed by atoms with Crippen LogP contribution in [0.4, 0.5) is 5.69 Å². The topological polar surface area (TPSA) is 38.0 Å². The summed E-state index contributed by atoms with van der Waals surface area (Å²) < 4.78 is 0. The molecule has 3 N–H and O–H groups in total. The number of nitrogen functional groups attached to an aromatic ring is 1. The third kappa shape index (κ3) is 2.04. The molecule has 0 amide bonds. The lowest BCUT2D eigenvalue weighted by Crippen LogP contribution is -2.26. The maximum Gasteiger partial charge on any atom is 0.0449 e. The molecular formula is C11H16N2S. The van der Waals surface area contributed by atoms with Gasteiger partial charge in [-0.05, 0) is 49.5 Å². The van der Waals surface area contributed by atoms with Crippen LogP contribution in [0.25, 0.3) is 0 Å². The van der Waals surface area contributed by atoms with Crippen molar-refractivity contribution in [2.24, 2.45) is 0 Å². The summed E-state index contributed by atoms with van der Waals surface area (Å²) in [6.07, 6.45) is 2.44. The fourth-order valence-corrected chi connectivity index (χ4v) is 2.19. The average molecular weight is 208 g/mol. The molecule has 0 aliphatic carbocycles. The Morgan fingerprint density at radius 1 is 1.29 bits per heavy atom. The third-order valence-electron chi connectivity index (χ3n) is 2.87. The molecule has 2 nitrogen and oxygen atoms in total. The van der Waals surface area contributed by atoms with Crippen molar-refractivity contribution in [3.8, 4) is 0 Å². The molecular weight excluding hydrogens is 192 g/mol. The zero-order chi connectivity index (χ0) is 9.97. The molecule has 1 aliphatic heterocycles. The van der Waals surface area contributed by atoms with E-state index >= 15 is 0 Å². The van der Waals surface area contributed by atoms with Gasteiger partial charge in [-0.3, -0.25) is 0 Å². The number of hydrogen-bond donors (Lipinski definition) is 3. The zero-order valence-corrected chi connectivity index (χ0v) is 9.06. The highest BCUT2D eigenvalue weighted by Gasteiger charge is 2.15. The Labute approximate surface area is 90.3 Å². The lowest BCUT2D eigenvalue weighted by molar-refractivity contribution is 0.460. The molecule has 0 spiro atoms. The van der Waals surface area contributed by atoms with Crippen LogP contribution < -0.4 is 11.1 Å². The summed E-state index contributed by atoms with van der Waals surface area (Å²) in [5.41, 5.74) is 7.88. The molecule has 3 heteroatoms. The zero-order valence-electron chi connectivity index (χ0n) is 8.16. The standard InChI is InChI=1S/C11H16N2S/c12-10-2-1-9(7-11(10)14)8-3-5-13-6-4-8/h1-2,7-8,13-14H,3-6,12H2. The normalized spacial score (nSPS) is 18.4. The molecule has 1 aliphatic rings. The highest BCUT2D eigenvalue weighted by atomic mass is 32.1. The Kier molecular flexibility index (Phi) is 2.99. The van der Waals surface area contributed by atoms with Crippen molar-refractivity contribution in [3.63, 3.8) is 0 Å². The predicted octanol–water partition coefficient (Wildman–Crippen LogP) is 2.02. The minimum Gasteiger partial charge on any atom is -0.398 e. The molecule has 1 aromatic carbocycles. The van der Waals surface area contributed by atoms with Crippen molar-refractivity contribution in [2.75, 3.05) is 18.8 Å². The molecule has 2 rings (SSSR count). The Morgan fingerprint density at radius 2 is 2.00 bits per heavy atom. The number of rotatable bonds is 1. The van der Waals surface area contributed by atoms with Crippen LogP contribution in [0.3, 0.4) is 0 Å². The Balaban J connectivity index is 2.18. The molecule has 0 bridgehead atoms. The second-order valence-corrected chi connectivity index (χ2v) is 4.32. The molecule has 0 atom stereocenters. The number of nitrogens with one attached hydrogen (secondary N) is 1. The van der Waals surface area contributed by atoms with Gasteiger partial charge in [-0.25, -0.2) is 0 Å². The van der Waals surface area contributed by atoms with Crippen LogP contribution in [0.2, 0.25) is 0 Å². The minimum absolute atomic E-state index is 0.683. The van der Waals surface area contributed by atoms with Crippen molar-refractivity contribution < 1.29 is 0 Å². The summed E-state index contributed by atoms with van der Waals surface area (Å²) in [4.78, 5) is 0.904. The first-order valence-corrected chi connectivity index (χ1v) is 5.51. The first-order valence-electron chi connectivity index (χ1n) is 5.06. The van der Waals surface area contributed by atoms with Crippen LogP contribution in [0.5, 0.6) is 0 Å². The number of benzene rings is 1. The number of piperidine rings is 1. The maximum atomic E-state index is 5.73. The van der Waals surface area contributed by atoms with Gasteiger partial charge in [0.25, 0.3) is 0 Å². The van der Waals surface area contributed by atoms with Crippen molar-refractivity contribution in [3.05, 3.63) is 23.8 Å². The van der Waals surface area contributed by atoms with Gasteiger partial charge in [-0.15, -0.1) is 12.6 Å². The Bertz CT molecular complexity index is 319. The van der Waals surface area contributed by atoms with Crippen molar-refractivity contribution in [1.82, 2.24) is 5.32 Å². The monoisotopic (exact) mass is 208 g/mol. The molecule has 0 aromatic heterocycles. The molecule has 1 heterocycles. The number of hydrogen-bond acceptors (Lipinski definition) is 3. The summed E-state index contributed by atoms with van der Waals surface area (Å²) in [7, 11) is 0. The van der Waals surface area contributed by atoms with Crippen LogP contribution >= 0.6 is 12.6 Å². The first-order chi connectivity index (χ1) is 6.77. The van der Waals surface area contributed by atoms with Crippen LogP contribution in [0, 0.1) is 0 Å². The molecule has 76 valence electrons. The van der Waals surface area contributed by atoms with Gasteiger partial charge in [0.1, 0.15) is 0 Å². The van der Waals surface area contributed by atoms with Crippen LogP contribution in [-0.4, -0.2) is 13.1 Å². The Morgan fingerprint density at radius 3 is 2.64 bits per heavy atom. The molecule has 0 saturated carbocycles. The van der Waals surface area contributed by atoms with Gasteiger partial charge >= 0.3 is 0 Å². The number of thiol groups is 1. The van der Waals surface area contributed by atoms with E-state index in [2.05, 4.69) is 30.1 Å². The van der Waals surface area contributed by atoms with Crippen molar-refractivity contribution in [1.29, 1.82) is 0 Å². The number of anilines is 1. The maximum absolute atomic E-state index is 5.73. The molecule has 1 fully saturated rings. The minimum atomic E-state index is 0.683. The molecule has 0 unspecified atom stereocenters. The lowest BCUT2D eigenvalue weighted by atomic mass is 9.90. The summed E-state index contributed by atoms with van der Waals surface area (Å²) >= 11 is 4.35. The van der Waals surface area contributed by atoms with Gasteiger partial charge in [-0.1, -0.05) is 6.07 Å². The van der Waals surface area contributed by atoms with Gasteiger partial charge in [-0.2, -0.15) is 0 Å². The van der Waals surface area contributed by atoms with Crippen LogP contribution in [-0.2, 0) is 0 Å². The summed E-state index contributed by atoms with van der Waals surface area (Å²) in [5, 5.41) is 3.37. The Hall–Kier alpha value is -0.670. The predicted molar refractivity (Wildman–Crippen MR) is 63.0 cm³/mol. The highest BCUT2D eigenvalue weighted by Crippen LogP contribution is 2.28. The number of nitrogens with two attached hydrogens (primary N) is 1. The van der Waals surface area contributed by atoms with Crippen LogP contribution in [0.15, 0.2) is 23.1 Å². The van der Waals surface area contributed by atoms with E-state index in [1.54, 1.807) is 0 Å². The van der Waals surface area contributed by atoms with E-state index in [1.807, 2.05) is 6.07 Å². The van der Waals surface area contributed by atoms with Crippen molar-refractivity contribution in [2.45, 2.75) is 23.7 Å². The smallest absolute Gasteiger partial charge is 0.0449 e. The lowest BCUT2D eigenvalue weighted by Gasteiger charge is -2.23. The summed E-state index contributed by atoms with van der Waals surface area (Å²) in [6.45, 7) is 2.24. The second kappa shape index (κ2) is 4.24. The molecule has 0 radical (unpaired) electrons. The van der Waals surface area contributed by atoms with E-state index in [9.17, 15) is 0 Å². The van der Waals surface area contributed by atoms with Gasteiger partial charge in [0, 0.05) is 10.6 Å². The van der Waals surface area contributed by atoms with Crippen LogP contribution in [0.1, 0.15) is 24.3 Å². The van der Waals surface area contributed by atoms with E-state index in [0.717, 1.165) is 23.7 Å². The van der Waals surface area contributed by atoms with E-state index < -0.39 is 0 Å². The van der Waals surface area contributed by atoms with E-state index in [1.165, 1.54) is 18.4 Å². The van der Waals surface area contributed by atoms with E-state index in [4.69, 9.17) is 5.73 Å². The van der Waals surface area contributed by atoms with Gasteiger partial charge in [0.2, 0.25) is 0 Å². The summed E-state index contributed by atoms with van der Waals surface area (Å²) in [5.74, 6) is 0.683. The average Bonchev–Trinajstić information content (AvgIpc) is 2.23. The second-order valence-electron chi connectivity index (χ2n) is 3.84. The van der Waals surface area contributed by atoms with E-state index in [0.29, 0.717) is 5.92 Å². The fraction of sp³-hybridized carbons (Fsp3) is 0.455.